The van der Waals surface area contributed by atoms with Crippen LogP contribution >= 0.6 is 0 Å². The Hall–Kier alpha value is -4.19. The van der Waals surface area contributed by atoms with Crippen molar-refractivity contribution in [1.29, 1.82) is 0 Å². The first-order chi connectivity index (χ1) is 16.1. The highest BCUT2D eigenvalue weighted by atomic mass is 16.1. The molecule has 6 heteroatoms. The summed E-state index contributed by atoms with van der Waals surface area (Å²) in [5.74, 6) is 0.216. The quantitative estimate of drug-likeness (QED) is 0.419. The normalized spacial score (nSPS) is 17.8. The molecule has 3 aromatic heterocycles. The lowest BCUT2D eigenvalue weighted by atomic mass is 9.79. The molecule has 0 aliphatic heterocycles. The van der Waals surface area contributed by atoms with Crippen LogP contribution < -0.4 is 11.5 Å². The molecule has 1 fully saturated rings. The monoisotopic (exact) mass is 433 g/mol. The number of carbonyl (C=O) groups excluding carboxylic acids is 1. The number of carbonyl (C=O) groups is 1. The minimum absolute atomic E-state index is 0.0589. The molecule has 0 unspecified atom stereocenters. The number of nitrogens with two attached hydrogens (primary N) is 2. The number of benzene rings is 2. The van der Waals surface area contributed by atoms with E-state index in [9.17, 15) is 4.79 Å². The van der Waals surface area contributed by atoms with Gasteiger partial charge in [0.05, 0.1) is 16.7 Å². The van der Waals surface area contributed by atoms with Crippen molar-refractivity contribution in [2.24, 2.45) is 11.7 Å². The van der Waals surface area contributed by atoms with Crippen LogP contribution in [0.4, 0.5) is 5.82 Å². The Morgan fingerprint density at radius 2 is 1.76 bits per heavy atom. The van der Waals surface area contributed by atoms with E-state index in [1.807, 2.05) is 24.3 Å². The summed E-state index contributed by atoms with van der Waals surface area (Å²) in [5.41, 5.74) is 17.9. The summed E-state index contributed by atoms with van der Waals surface area (Å²) in [6.45, 7) is 0. The molecule has 6 nitrogen and oxygen atoms in total. The summed E-state index contributed by atoms with van der Waals surface area (Å²) < 4.78 is 2.22. The summed E-state index contributed by atoms with van der Waals surface area (Å²) in [6, 6.07) is 22.8. The van der Waals surface area contributed by atoms with Gasteiger partial charge >= 0.3 is 0 Å². The Balaban J connectivity index is 1.47. The molecular weight excluding hydrogens is 410 g/mol. The fourth-order valence-corrected chi connectivity index (χ4v) is 4.85. The molecule has 0 spiro atoms. The van der Waals surface area contributed by atoms with E-state index in [0.717, 1.165) is 57.0 Å². The molecule has 3 heterocycles. The Morgan fingerprint density at radius 3 is 2.55 bits per heavy atom. The van der Waals surface area contributed by atoms with E-state index in [2.05, 4.69) is 58.2 Å². The highest BCUT2D eigenvalue weighted by Gasteiger charge is 2.35. The Bertz CT molecular complexity index is 1520. The first-order valence-corrected chi connectivity index (χ1v) is 11.1. The first kappa shape index (κ1) is 19.5. The SMILES string of the molecule is NC(=O)C1CC(n2cc(-c3ccc4ccc(-c5ccccc5)nc4c3)c3c(N)nccc32)C1. The van der Waals surface area contributed by atoms with Crippen molar-refractivity contribution < 1.29 is 4.79 Å². The lowest BCUT2D eigenvalue weighted by Gasteiger charge is -2.34. The number of aromatic nitrogens is 3. The zero-order valence-corrected chi connectivity index (χ0v) is 18.0. The number of hydrogen-bond acceptors (Lipinski definition) is 4. The van der Waals surface area contributed by atoms with Gasteiger partial charge in [0, 0.05) is 46.3 Å². The molecule has 1 aliphatic rings. The summed E-state index contributed by atoms with van der Waals surface area (Å²) >= 11 is 0. The molecule has 2 aromatic carbocycles. The molecule has 1 amide bonds. The van der Waals surface area contributed by atoms with E-state index in [4.69, 9.17) is 16.5 Å². The van der Waals surface area contributed by atoms with Gasteiger partial charge < -0.3 is 16.0 Å². The van der Waals surface area contributed by atoms with Crippen LogP contribution in [0.5, 0.6) is 0 Å². The molecule has 6 rings (SSSR count). The standard InChI is InChI=1S/C27H23N5O/c28-26-25-21(15-32(24(25)10-11-30-26)20-12-19(13-20)27(29)33)18-7-6-17-8-9-22(31-23(17)14-18)16-4-2-1-3-5-16/h1-11,14-15,19-20H,12-13H2,(H2,28,30)(H2,29,33). The fourth-order valence-electron chi connectivity index (χ4n) is 4.85. The predicted octanol–water partition coefficient (Wildman–Crippen LogP) is 4.94. The summed E-state index contributed by atoms with van der Waals surface area (Å²) in [7, 11) is 0. The topological polar surface area (TPSA) is 99.8 Å². The molecule has 0 atom stereocenters. The second kappa shape index (κ2) is 7.45. The van der Waals surface area contributed by atoms with E-state index in [1.165, 1.54) is 0 Å². The van der Waals surface area contributed by atoms with Gasteiger partial charge in [-0.05, 0) is 36.6 Å². The molecule has 0 saturated heterocycles. The maximum absolute atomic E-state index is 11.5. The van der Waals surface area contributed by atoms with Crippen molar-refractivity contribution in [1.82, 2.24) is 14.5 Å². The molecule has 0 bridgehead atoms. The Kier molecular flexibility index (Phi) is 4.40. The molecule has 1 saturated carbocycles. The Morgan fingerprint density at radius 1 is 0.970 bits per heavy atom. The number of nitrogens with zero attached hydrogens (tertiary/aromatic N) is 3. The molecule has 0 radical (unpaired) electrons. The van der Waals surface area contributed by atoms with Gasteiger partial charge in [-0.2, -0.15) is 0 Å². The van der Waals surface area contributed by atoms with Gasteiger partial charge in [-0.15, -0.1) is 0 Å². The third-order valence-electron chi connectivity index (χ3n) is 6.76. The molecule has 162 valence electrons. The van der Waals surface area contributed by atoms with Crippen LogP contribution in [0.25, 0.3) is 44.2 Å². The minimum Gasteiger partial charge on any atom is -0.383 e. The highest BCUT2D eigenvalue weighted by molar-refractivity contribution is 6.03. The van der Waals surface area contributed by atoms with Gasteiger partial charge in [0.15, 0.2) is 0 Å². The third kappa shape index (κ3) is 3.22. The van der Waals surface area contributed by atoms with Crippen molar-refractivity contribution >= 4 is 33.5 Å². The van der Waals surface area contributed by atoms with E-state index in [0.29, 0.717) is 5.82 Å². The van der Waals surface area contributed by atoms with Crippen LogP contribution in [0, 0.1) is 5.92 Å². The number of fused-ring (bicyclic) bond motifs is 2. The van der Waals surface area contributed by atoms with Gasteiger partial charge in [-0.3, -0.25) is 4.79 Å². The van der Waals surface area contributed by atoms with Gasteiger partial charge in [0.25, 0.3) is 0 Å². The maximum atomic E-state index is 11.5. The molecule has 33 heavy (non-hydrogen) atoms. The van der Waals surface area contributed by atoms with Crippen molar-refractivity contribution in [3.8, 4) is 22.4 Å². The van der Waals surface area contributed by atoms with E-state index in [1.54, 1.807) is 6.20 Å². The average Bonchev–Trinajstić information content (AvgIpc) is 3.18. The molecule has 4 N–H and O–H groups in total. The van der Waals surface area contributed by atoms with Crippen molar-refractivity contribution in [3.05, 3.63) is 79.1 Å². The minimum atomic E-state index is -0.223. The van der Waals surface area contributed by atoms with E-state index < -0.39 is 0 Å². The number of rotatable bonds is 4. The van der Waals surface area contributed by atoms with Crippen LogP contribution in [0.1, 0.15) is 18.9 Å². The highest BCUT2D eigenvalue weighted by Crippen LogP contribution is 2.43. The van der Waals surface area contributed by atoms with Crippen molar-refractivity contribution in [2.75, 3.05) is 5.73 Å². The van der Waals surface area contributed by atoms with Crippen molar-refractivity contribution in [2.45, 2.75) is 18.9 Å². The number of nitrogen functional groups attached to an aromatic ring is 1. The van der Waals surface area contributed by atoms with Crippen LogP contribution in [-0.2, 0) is 4.79 Å². The lowest BCUT2D eigenvalue weighted by Crippen LogP contribution is -2.36. The van der Waals surface area contributed by atoms with Gasteiger partial charge in [0.2, 0.25) is 5.91 Å². The van der Waals surface area contributed by atoms with Crippen LogP contribution in [-0.4, -0.2) is 20.4 Å². The third-order valence-corrected chi connectivity index (χ3v) is 6.76. The second-order valence-corrected chi connectivity index (χ2v) is 8.73. The largest absolute Gasteiger partial charge is 0.383 e. The summed E-state index contributed by atoms with van der Waals surface area (Å²) in [4.78, 5) is 20.8. The number of anilines is 1. The predicted molar refractivity (Wildman–Crippen MR) is 131 cm³/mol. The smallest absolute Gasteiger partial charge is 0.220 e. The lowest BCUT2D eigenvalue weighted by molar-refractivity contribution is -0.125. The van der Waals surface area contributed by atoms with Gasteiger partial charge in [-0.25, -0.2) is 9.97 Å². The van der Waals surface area contributed by atoms with Gasteiger partial charge in [0.1, 0.15) is 5.82 Å². The fraction of sp³-hybridized carbons (Fsp3) is 0.148. The number of primary amides is 1. The van der Waals surface area contributed by atoms with Crippen LogP contribution in [0.3, 0.4) is 0 Å². The summed E-state index contributed by atoms with van der Waals surface area (Å²) in [5, 5.41) is 2.01. The zero-order valence-electron chi connectivity index (χ0n) is 18.0. The first-order valence-electron chi connectivity index (χ1n) is 11.1. The van der Waals surface area contributed by atoms with Crippen LogP contribution in [0.15, 0.2) is 79.1 Å². The summed E-state index contributed by atoms with van der Waals surface area (Å²) in [6.07, 6.45) is 5.37. The zero-order chi connectivity index (χ0) is 22.5. The molecule has 5 aromatic rings. The van der Waals surface area contributed by atoms with Crippen molar-refractivity contribution in [3.63, 3.8) is 0 Å². The van der Waals surface area contributed by atoms with E-state index >= 15 is 0 Å². The molecule has 1 aliphatic carbocycles. The average molecular weight is 434 g/mol. The number of amides is 1. The van der Waals surface area contributed by atoms with E-state index in [-0.39, 0.29) is 17.9 Å². The van der Waals surface area contributed by atoms with Gasteiger partial charge in [-0.1, -0.05) is 48.5 Å². The number of pyridine rings is 2. The second-order valence-electron chi connectivity index (χ2n) is 8.73. The molecular formula is C27H23N5O. The Labute approximate surface area is 190 Å². The van der Waals surface area contributed by atoms with Crippen LogP contribution in [0.2, 0.25) is 0 Å². The maximum Gasteiger partial charge on any atom is 0.220 e. The number of hydrogen-bond donors (Lipinski definition) is 2.